The summed E-state index contributed by atoms with van der Waals surface area (Å²) in [4.78, 5) is 9.59. The summed E-state index contributed by atoms with van der Waals surface area (Å²) in [5.74, 6) is 2.59. The average molecular weight is 434 g/mol. The minimum Gasteiger partial charge on any atom is -0.372 e. The first kappa shape index (κ1) is 20.5. The fraction of sp³-hybridized carbons (Fsp3) is 0.500. The van der Waals surface area contributed by atoms with Crippen molar-refractivity contribution in [3.05, 3.63) is 47.6 Å². The molecule has 0 atom stereocenters. The van der Waals surface area contributed by atoms with Crippen LogP contribution in [0, 0.1) is 11.8 Å². The van der Waals surface area contributed by atoms with Gasteiger partial charge in [-0.2, -0.15) is 0 Å². The molecule has 2 saturated heterocycles. The lowest BCUT2D eigenvalue weighted by Crippen LogP contribution is -2.41. The first-order valence-corrected chi connectivity index (χ1v) is 12.6. The molecule has 1 aromatic heterocycles. The van der Waals surface area contributed by atoms with E-state index < -0.39 is 9.84 Å². The number of aromatic nitrogens is 1. The lowest BCUT2D eigenvalue weighted by atomic mass is 9.78. The standard InChI is InChI=1S/C22H28ClN3O2S/c1-29(27,28)21-5-3-20(4-6-21)25-12-8-17(9-13-25)18-10-14-26(15-11-18)22-7-2-19(23)16-24-22/h2-7,16-18H,8-15H2,1H3. The number of hydrogen-bond donors (Lipinski definition) is 0. The zero-order valence-corrected chi connectivity index (χ0v) is 18.4. The molecule has 2 fully saturated rings. The molecule has 5 nitrogen and oxygen atoms in total. The summed E-state index contributed by atoms with van der Waals surface area (Å²) in [6.45, 7) is 4.21. The van der Waals surface area contributed by atoms with Gasteiger partial charge in [0.2, 0.25) is 0 Å². The third-order valence-corrected chi connectivity index (χ3v) is 7.76. The molecule has 0 amide bonds. The van der Waals surface area contributed by atoms with Crippen LogP contribution in [0.5, 0.6) is 0 Å². The van der Waals surface area contributed by atoms with Gasteiger partial charge in [0.25, 0.3) is 0 Å². The Morgan fingerprint density at radius 3 is 1.90 bits per heavy atom. The molecule has 0 bridgehead atoms. The highest BCUT2D eigenvalue weighted by Gasteiger charge is 2.30. The molecule has 3 heterocycles. The predicted molar refractivity (Wildman–Crippen MR) is 119 cm³/mol. The molecule has 1 aromatic carbocycles. The molecule has 4 rings (SSSR count). The van der Waals surface area contributed by atoms with E-state index in [1.54, 1.807) is 18.3 Å². The second kappa shape index (κ2) is 8.52. The monoisotopic (exact) mass is 433 g/mol. The minimum atomic E-state index is -3.13. The van der Waals surface area contributed by atoms with Crippen molar-refractivity contribution in [3.63, 3.8) is 0 Å². The third-order valence-electron chi connectivity index (χ3n) is 6.41. The van der Waals surface area contributed by atoms with Crippen LogP contribution < -0.4 is 9.80 Å². The minimum absolute atomic E-state index is 0.387. The van der Waals surface area contributed by atoms with Gasteiger partial charge in [-0.15, -0.1) is 0 Å². The topological polar surface area (TPSA) is 53.5 Å². The normalized spacial score (nSPS) is 19.5. The van der Waals surface area contributed by atoms with E-state index in [1.807, 2.05) is 24.3 Å². The Balaban J connectivity index is 1.28. The van der Waals surface area contributed by atoms with Crippen LogP contribution in [-0.2, 0) is 9.84 Å². The van der Waals surface area contributed by atoms with Crippen LogP contribution in [0.4, 0.5) is 11.5 Å². The molecule has 2 aliphatic heterocycles. The second-order valence-corrected chi connectivity index (χ2v) is 10.7. The summed E-state index contributed by atoms with van der Waals surface area (Å²) < 4.78 is 23.3. The van der Waals surface area contributed by atoms with Crippen molar-refractivity contribution in [1.82, 2.24) is 4.98 Å². The van der Waals surface area contributed by atoms with Crippen molar-refractivity contribution in [2.45, 2.75) is 30.6 Å². The lowest BCUT2D eigenvalue weighted by Gasteiger charge is -2.41. The van der Waals surface area contributed by atoms with Crippen LogP contribution in [0.3, 0.4) is 0 Å². The van der Waals surface area contributed by atoms with Crippen LogP contribution in [0.25, 0.3) is 0 Å². The van der Waals surface area contributed by atoms with Gasteiger partial charge in [-0.25, -0.2) is 13.4 Å². The zero-order chi connectivity index (χ0) is 20.4. The van der Waals surface area contributed by atoms with E-state index in [4.69, 9.17) is 11.6 Å². The fourth-order valence-electron chi connectivity index (χ4n) is 4.69. The van der Waals surface area contributed by atoms with Crippen LogP contribution in [0.1, 0.15) is 25.7 Å². The number of rotatable bonds is 4. The largest absolute Gasteiger partial charge is 0.372 e. The van der Waals surface area contributed by atoms with Gasteiger partial charge in [0.1, 0.15) is 5.82 Å². The summed E-state index contributed by atoms with van der Waals surface area (Å²) in [7, 11) is -3.13. The number of anilines is 2. The highest BCUT2D eigenvalue weighted by molar-refractivity contribution is 7.90. The van der Waals surface area contributed by atoms with E-state index in [0.29, 0.717) is 9.92 Å². The summed E-state index contributed by atoms with van der Waals surface area (Å²) in [6, 6.07) is 11.2. The van der Waals surface area contributed by atoms with Crippen LogP contribution in [0.15, 0.2) is 47.5 Å². The Morgan fingerprint density at radius 1 is 0.862 bits per heavy atom. The van der Waals surface area contributed by atoms with E-state index >= 15 is 0 Å². The van der Waals surface area contributed by atoms with Crippen molar-refractivity contribution in [2.75, 3.05) is 42.2 Å². The van der Waals surface area contributed by atoms with Crippen LogP contribution in [-0.4, -0.2) is 45.8 Å². The van der Waals surface area contributed by atoms with Gasteiger partial charge in [-0.1, -0.05) is 11.6 Å². The van der Waals surface area contributed by atoms with Crippen molar-refractivity contribution in [3.8, 4) is 0 Å². The van der Waals surface area contributed by atoms with Crippen LogP contribution in [0.2, 0.25) is 5.02 Å². The van der Waals surface area contributed by atoms with E-state index in [-0.39, 0.29) is 0 Å². The molecule has 0 aliphatic carbocycles. The molecular formula is C22H28ClN3O2S. The first-order valence-electron chi connectivity index (χ1n) is 10.3. The molecule has 2 aromatic rings. The number of benzene rings is 1. The lowest BCUT2D eigenvalue weighted by molar-refractivity contribution is 0.233. The van der Waals surface area contributed by atoms with Crippen LogP contribution >= 0.6 is 11.6 Å². The molecule has 0 N–H and O–H groups in total. The maximum atomic E-state index is 11.6. The molecule has 29 heavy (non-hydrogen) atoms. The Kier molecular flexibility index (Phi) is 6.02. The van der Waals surface area contributed by atoms with Gasteiger partial charge < -0.3 is 9.80 Å². The number of halogens is 1. The van der Waals surface area contributed by atoms with Crippen molar-refractivity contribution in [2.24, 2.45) is 11.8 Å². The number of hydrogen-bond acceptors (Lipinski definition) is 5. The van der Waals surface area contributed by atoms with Gasteiger partial charge >= 0.3 is 0 Å². The van der Waals surface area contributed by atoms with Gasteiger partial charge in [0.05, 0.1) is 9.92 Å². The quantitative estimate of drug-likeness (QED) is 0.720. The highest BCUT2D eigenvalue weighted by Crippen LogP contribution is 2.35. The smallest absolute Gasteiger partial charge is 0.175 e. The first-order chi connectivity index (χ1) is 13.9. The Morgan fingerprint density at radius 2 is 1.41 bits per heavy atom. The summed E-state index contributed by atoms with van der Waals surface area (Å²) >= 11 is 5.95. The Labute approximate surface area is 178 Å². The molecular weight excluding hydrogens is 406 g/mol. The number of sulfone groups is 1. The van der Waals surface area contributed by atoms with Gasteiger partial charge in [0, 0.05) is 44.3 Å². The molecule has 0 unspecified atom stereocenters. The number of pyridine rings is 1. The summed E-state index contributed by atoms with van der Waals surface area (Å²) in [6.07, 6.45) is 7.83. The third kappa shape index (κ3) is 4.86. The Hall–Kier alpha value is -1.79. The predicted octanol–water partition coefficient (Wildman–Crippen LogP) is 4.27. The maximum absolute atomic E-state index is 11.6. The maximum Gasteiger partial charge on any atom is 0.175 e. The fourth-order valence-corrected chi connectivity index (χ4v) is 5.43. The van der Waals surface area contributed by atoms with E-state index in [2.05, 4.69) is 14.8 Å². The molecule has 0 saturated carbocycles. The number of nitrogens with zero attached hydrogens (tertiary/aromatic N) is 3. The van der Waals surface area contributed by atoms with Crippen molar-refractivity contribution >= 4 is 32.9 Å². The van der Waals surface area contributed by atoms with E-state index in [9.17, 15) is 8.42 Å². The van der Waals surface area contributed by atoms with E-state index in [1.165, 1.54) is 31.9 Å². The van der Waals surface area contributed by atoms with Gasteiger partial charge in [-0.3, -0.25) is 0 Å². The van der Waals surface area contributed by atoms with Gasteiger partial charge in [-0.05, 0) is 73.9 Å². The van der Waals surface area contributed by atoms with E-state index in [0.717, 1.165) is 49.5 Å². The Bertz CT molecular complexity index is 916. The SMILES string of the molecule is CS(=O)(=O)c1ccc(N2CCC(C3CCN(c4ccc(Cl)cn4)CC3)CC2)cc1. The van der Waals surface area contributed by atoms with Crippen molar-refractivity contribution in [1.29, 1.82) is 0 Å². The molecule has 2 aliphatic rings. The highest BCUT2D eigenvalue weighted by atomic mass is 35.5. The molecule has 7 heteroatoms. The summed E-state index contributed by atoms with van der Waals surface area (Å²) in [5.41, 5.74) is 1.12. The molecule has 156 valence electrons. The van der Waals surface area contributed by atoms with Crippen molar-refractivity contribution < 1.29 is 8.42 Å². The average Bonchev–Trinajstić information content (AvgIpc) is 2.74. The molecule has 0 spiro atoms. The van der Waals surface area contributed by atoms with Gasteiger partial charge in [0.15, 0.2) is 9.84 Å². The summed E-state index contributed by atoms with van der Waals surface area (Å²) in [5, 5.41) is 0.682. The second-order valence-electron chi connectivity index (χ2n) is 8.25. The molecule has 0 radical (unpaired) electrons. The zero-order valence-electron chi connectivity index (χ0n) is 16.8. The number of piperidine rings is 2.